The minimum Gasteiger partial charge on any atom is -0.356 e. The summed E-state index contributed by atoms with van der Waals surface area (Å²) in [5.74, 6) is -0.828. The number of rotatable bonds is 3. The third kappa shape index (κ3) is 1.94. The number of halogens is 2. The molecule has 1 heterocycles. The predicted octanol–water partition coefficient (Wildman–Crippen LogP) is 2.12. The molecule has 2 N–H and O–H groups in total. The van der Waals surface area contributed by atoms with Crippen molar-refractivity contribution < 1.29 is 13.3 Å². The molecule has 0 aliphatic heterocycles. The summed E-state index contributed by atoms with van der Waals surface area (Å²) in [6, 6.07) is 3.19. The minimum absolute atomic E-state index is 0.0703. The standard InChI is InChI=1S/C11H10F2N2O/c12-8-1-2-10(13)9(5-8)11-7(3-4-14)6-15-16-11/h1-2,5-6H,3-4,14H2. The summed E-state index contributed by atoms with van der Waals surface area (Å²) >= 11 is 0. The molecule has 0 amide bonds. The Bertz CT molecular complexity index is 496. The largest absolute Gasteiger partial charge is 0.356 e. The average molecular weight is 224 g/mol. The molecule has 1 aromatic carbocycles. The van der Waals surface area contributed by atoms with Gasteiger partial charge in [0, 0.05) is 5.56 Å². The van der Waals surface area contributed by atoms with Gasteiger partial charge in [0.15, 0.2) is 5.76 Å². The van der Waals surface area contributed by atoms with Crippen molar-refractivity contribution in [2.75, 3.05) is 6.54 Å². The molecule has 2 rings (SSSR count). The van der Waals surface area contributed by atoms with Crippen molar-refractivity contribution in [2.24, 2.45) is 5.73 Å². The molecular formula is C11H10F2N2O. The first kappa shape index (κ1) is 10.8. The van der Waals surface area contributed by atoms with E-state index in [9.17, 15) is 8.78 Å². The van der Waals surface area contributed by atoms with Crippen LogP contribution in [-0.2, 0) is 6.42 Å². The molecule has 84 valence electrons. The van der Waals surface area contributed by atoms with Crippen LogP contribution in [0.4, 0.5) is 8.78 Å². The second-order valence-electron chi connectivity index (χ2n) is 3.34. The van der Waals surface area contributed by atoms with E-state index in [1.807, 2.05) is 0 Å². The third-order valence-corrected chi connectivity index (χ3v) is 2.23. The summed E-state index contributed by atoms with van der Waals surface area (Å²) in [6.45, 7) is 0.394. The van der Waals surface area contributed by atoms with Crippen LogP contribution in [0, 0.1) is 11.6 Å². The molecule has 0 aliphatic carbocycles. The second-order valence-corrected chi connectivity index (χ2v) is 3.34. The number of nitrogens with two attached hydrogens (primary N) is 1. The average Bonchev–Trinajstić information content (AvgIpc) is 2.70. The van der Waals surface area contributed by atoms with Crippen LogP contribution in [0.15, 0.2) is 28.9 Å². The zero-order chi connectivity index (χ0) is 11.5. The lowest BCUT2D eigenvalue weighted by Crippen LogP contribution is -2.03. The van der Waals surface area contributed by atoms with Gasteiger partial charge in [0.2, 0.25) is 0 Å². The quantitative estimate of drug-likeness (QED) is 0.868. The number of aromatic nitrogens is 1. The third-order valence-electron chi connectivity index (χ3n) is 2.23. The predicted molar refractivity (Wildman–Crippen MR) is 54.6 cm³/mol. The zero-order valence-corrected chi connectivity index (χ0v) is 8.41. The van der Waals surface area contributed by atoms with Crippen LogP contribution in [0.1, 0.15) is 5.56 Å². The van der Waals surface area contributed by atoms with E-state index in [-0.39, 0.29) is 11.3 Å². The van der Waals surface area contributed by atoms with Gasteiger partial charge in [-0.05, 0) is 31.2 Å². The van der Waals surface area contributed by atoms with E-state index in [0.717, 1.165) is 18.2 Å². The molecule has 0 spiro atoms. The Morgan fingerprint density at radius 2 is 2.12 bits per heavy atom. The normalized spacial score (nSPS) is 10.7. The van der Waals surface area contributed by atoms with Gasteiger partial charge >= 0.3 is 0 Å². The first-order valence-electron chi connectivity index (χ1n) is 4.81. The maximum Gasteiger partial charge on any atom is 0.173 e. The van der Waals surface area contributed by atoms with Gasteiger partial charge in [-0.25, -0.2) is 8.78 Å². The number of benzene rings is 1. The first-order valence-corrected chi connectivity index (χ1v) is 4.81. The Hall–Kier alpha value is -1.75. The molecule has 0 fully saturated rings. The lowest BCUT2D eigenvalue weighted by Gasteiger charge is -2.01. The maximum absolute atomic E-state index is 13.5. The Kier molecular flexibility index (Phi) is 2.96. The summed E-state index contributed by atoms with van der Waals surface area (Å²) in [5.41, 5.74) is 6.14. The molecule has 5 heteroatoms. The van der Waals surface area contributed by atoms with E-state index in [4.69, 9.17) is 10.3 Å². The van der Waals surface area contributed by atoms with Crippen LogP contribution in [0.5, 0.6) is 0 Å². The van der Waals surface area contributed by atoms with Gasteiger partial charge in [-0.15, -0.1) is 0 Å². The van der Waals surface area contributed by atoms with Crippen molar-refractivity contribution in [2.45, 2.75) is 6.42 Å². The summed E-state index contributed by atoms with van der Waals surface area (Å²) < 4.78 is 31.4. The second kappa shape index (κ2) is 4.40. The molecule has 16 heavy (non-hydrogen) atoms. The van der Waals surface area contributed by atoms with E-state index in [2.05, 4.69) is 5.16 Å². The SMILES string of the molecule is NCCc1cnoc1-c1cc(F)ccc1F. The van der Waals surface area contributed by atoms with Gasteiger partial charge in [-0.3, -0.25) is 0 Å². The van der Waals surface area contributed by atoms with Crippen molar-refractivity contribution in [3.8, 4) is 11.3 Å². The fourth-order valence-corrected chi connectivity index (χ4v) is 1.49. The molecule has 0 bridgehead atoms. The van der Waals surface area contributed by atoms with Crippen molar-refractivity contribution >= 4 is 0 Å². The van der Waals surface area contributed by atoms with Crippen LogP contribution in [0.2, 0.25) is 0 Å². The van der Waals surface area contributed by atoms with E-state index >= 15 is 0 Å². The first-order chi connectivity index (χ1) is 7.72. The highest BCUT2D eigenvalue weighted by Crippen LogP contribution is 2.27. The zero-order valence-electron chi connectivity index (χ0n) is 8.41. The topological polar surface area (TPSA) is 52.0 Å². The molecule has 0 radical (unpaired) electrons. The van der Waals surface area contributed by atoms with E-state index in [1.54, 1.807) is 0 Å². The van der Waals surface area contributed by atoms with Gasteiger partial charge in [0.1, 0.15) is 11.6 Å². The summed E-state index contributed by atoms with van der Waals surface area (Å²) in [4.78, 5) is 0. The fraction of sp³-hybridized carbons (Fsp3) is 0.182. The van der Waals surface area contributed by atoms with Crippen LogP contribution in [0.3, 0.4) is 0 Å². The van der Waals surface area contributed by atoms with Crippen LogP contribution in [0.25, 0.3) is 11.3 Å². The lowest BCUT2D eigenvalue weighted by molar-refractivity contribution is 0.428. The van der Waals surface area contributed by atoms with E-state index < -0.39 is 11.6 Å². The molecule has 2 aromatic rings. The van der Waals surface area contributed by atoms with Gasteiger partial charge in [-0.2, -0.15) is 0 Å². The summed E-state index contributed by atoms with van der Waals surface area (Å²) in [7, 11) is 0. The molecule has 0 aliphatic rings. The maximum atomic E-state index is 13.5. The molecule has 1 aromatic heterocycles. The van der Waals surface area contributed by atoms with Crippen molar-refractivity contribution in [3.05, 3.63) is 41.6 Å². The lowest BCUT2D eigenvalue weighted by atomic mass is 10.1. The highest BCUT2D eigenvalue weighted by Gasteiger charge is 2.15. The highest BCUT2D eigenvalue weighted by molar-refractivity contribution is 5.61. The van der Waals surface area contributed by atoms with E-state index in [0.29, 0.717) is 18.5 Å². The Morgan fingerprint density at radius 3 is 2.88 bits per heavy atom. The Labute approximate surface area is 90.9 Å². The molecule has 0 atom stereocenters. The molecular weight excluding hydrogens is 214 g/mol. The summed E-state index contributed by atoms with van der Waals surface area (Å²) in [6.07, 6.45) is 1.97. The number of nitrogens with zero attached hydrogens (tertiary/aromatic N) is 1. The monoisotopic (exact) mass is 224 g/mol. The fourth-order valence-electron chi connectivity index (χ4n) is 1.49. The number of hydrogen-bond acceptors (Lipinski definition) is 3. The Balaban J connectivity index is 2.49. The van der Waals surface area contributed by atoms with Crippen molar-refractivity contribution in [1.29, 1.82) is 0 Å². The van der Waals surface area contributed by atoms with Crippen molar-refractivity contribution in [1.82, 2.24) is 5.16 Å². The van der Waals surface area contributed by atoms with Gasteiger partial charge in [0.05, 0.1) is 11.8 Å². The smallest absolute Gasteiger partial charge is 0.173 e. The summed E-state index contributed by atoms with van der Waals surface area (Å²) in [5, 5.41) is 3.57. The Morgan fingerprint density at radius 1 is 1.31 bits per heavy atom. The van der Waals surface area contributed by atoms with Crippen molar-refractivity contribution in [3.63, 3.8) is 0 Å². The molecule has 3 nitrogen and oxygen atoms in total. The van der Waals surface area contributed by atoms with Gasteiger partial charge in [-0.1, -0.05) is 5.16 Å². The van der Waals surface area contributed by atoms with Crippen LogP contribution in [-0.4, -0.2) is 11.7 Å². The van der Waals surface area contributed by atoms with Crippen LogP contribution < -0.4 is 5.73 Å². The molecule has 0 unspecified atom stereocenters. The van der Waals surface area contributed by atoms with Gasteiger partial charge in [0.25, 0.3) is 0 Å². The van der Waals surface area contributed by atoms with Gasteiger partial charge < -0.3 is 10.3 Å². The molecule has 0 saturated carbocycles. The van der Waals surface area contributed by atoms with Crippen LogP contribution >= 0.6 is 0 Å². The minimum atomic E-state index is -0.545. The number of hydrogen-bond donors (Lipinski definition) is 1. The van der Waals surface area contributed by atoms with E-state index in [1.165, 1.54) is 6.20 Å². The highest BCUT2D eigenvalue weighted by atomic mass is 19.1. The molecule has 0 saturated heterocycles.